The lowest BCUT2D eigenvalue weighted by Gasteiger charge is -2.23. The van der Waals surface area contributed by atoms with E-state index in [-0.39, 0.29) is 30.4 Å². The van der Waals surface area contributed by atoms with E-state index in [9.17, 15) is 4.79 Å². The van der Waals surface area contributed by atoms with E-state index in [4.69, 9.17) is 18.9 Å². The molecule has 3 heterocycles. The number of esters is 1. The highest BCUT2D eigenvalue weighted by atomic mass is 16.8. The van der Waals surface area contributed by atoms with Gasteiger partial charge in [0.1, 0.15) is 18.3 Å². The van der Waals surface area contributed by atoms with Crippen LogP contribution < -0.4 is 0 Å². The molecule has 3 aliphatic rings. The van der Waals surface area contributed by atoms with Crippen LogP contribution >= 0.6 is 0 Å². The van der Waals surface area contributed by atoms with Gasteiger partial charge in [-0.25, -0.2) is 0 Å². The summed E-state index contributed by atoms with van der Waals surface area (Å²) in [6.45, 7) is 1.92. The summed E-state index contributed by atoms with van der Waals surface area (Å²) >= 11 is 0. The summed E-state index contributed by atoms with van der Waals surface area (Å²) in [6.07, 6.45) is -0.682. The molecule has 0 amide bonds. The quantitative estimate of drug-likeness (QED) is 0.406. The molecule has 2 bridgehead atoms. The Morgan fingerprint density at radius 2 is 2.23 bits per heavy atom. The van der Waals surface area contributed by atoms with Gasteiger partial charge in [-0.3, -0.25) is 4.79 Å². The fraction of sp³-hybridized carbons (Fsp3) is 0.875. The van der Waals surface area contributed by atoms with E-state index < -0.39 is 6.29 Å². The Labute approximate surface area is 74.9 Å². The maximum Gasteiger partial charge on any atom is 0.303 e. The fourth-order valence-corrected chi connectivity index (χ4v) is 1.95. The molecule has 0 unspecified atom stereocenters. The summed E-state index contributed by atoms with van der Waals surface area (Å²) in [5.74, 6) is -0.322. The predicted molar refractivity (Wildman–Crippen MR) is 38.8 cm³/mol. The molecule has 0 aromatic rings. The van der Waals surface area contributed by atoms with E-state index in [1.54, 1.807) is 0 Å². The molecule has 0 saturated carbocycles. The number of rotatable bonds is 1. The van der Waals surface area contributed by atoms with Gasteiger partial charge in [0.2, 0.25) is 0 Å². The van der Waals surface area contributed by atoms with Crippen LogP contribution in [0.5, 0.6) is 0 Å². The SMILES string of the molecule is CC(=O)O[C@H]1[C@@H]2OC[C@@H](O2)[C@@H]2O[C@@H]21. The van der Waals surface area contributed by atoms with Crippen LogP contribution in [0.2, 0.25) is 0 Å². The molecule has 0 spiro atoms. The van der Waals surface area contributed by atoms with Gasteiger partial charge in [0.15, 0.2) is 12.4 Å². The number of carbonyl (C=O) groups is 1. The topological polar surface area (TPSA) is 57.3 Å². The second-order valence-corrected chi connectivity index (χ2v) is 3.52. The average Bonchev–Trinajstić information content (AvgIpc) is 2.74. The highest BCUT2D eigenvalue weighted by Gasteiger charge is 2.62. The van der Waals surface area contributed by atoms with E-state index in [1.807, 2.05) is 0 Å². The molecule has 5 heteroatoms. The van der Waals surface area contributed by atoms with E-state index in [0.717, 1.165) is 0 Å². The fourth-order valence-electron chi connectivity index (χ4n) is 1.95. The smallest absolute Gasteiger partial charge is 0.303 e. The molecule has 5 atom stereocenters. The highest BCUT2D eigenvalue weighted by Crippen LogP contribution is 2.42. The Balaban J connectivity index is 1.76. The molecule has 13 heavy (non-hydrogen) atoms. The number of carbonyl (C=O) groups excluding carboxylic acids is 1. The lowest BCUT2D eigenvalue weighted by atomic mass is 10.1. The van der Waals surface area contributed by atoms with Crippen LogP contribution in [0, 0.1) is 0 Å². The third-order valence-corrected chi connectivity index (χ3v) is 2.56. The molecule has 0 N–H and O–H groups in total. The molecule has 3 saturated heterocycles. The van der Waals surface area contributed by atoms with Crippen molar-refractivity contribution in [1.29, 1.82) is 0 Å². The Morgan fingerprint density at radius 1 is 1.38 bits per heavy atom. The van der Waals surface area contributed by atoms with E-state index in [0.29, 0.717) is 6.61 Å². The van der Waals surface area contributed by atoms with Crippen LogP contribution in [-0.4, -0.2) is 43.3 Å². The number of hydrogen-bond donors (Lipinski definition) is 0. The average molecular weight is 186 g/mol. The Morgan fingerprint density at radius 3 is 3.00 bits per heavy atom. The minimum atomic E-state index is -0.419. The van der Waals surface area contributed by atoms with Gasteiger partial charge in [0.05, 0.1) is 6.61 Å². The summed E-state index contributed by atoms with van der Waals surface area (Å²) in [7, 11) is 0. The van der Waals surface area contributed by atoms with Gasteiger partial charge in [-0.05, 0) is 0 Å². The van der Waals surface area contributed by atoms with Gasteiger partial charge >= 0.3 is 5.97 Å². The first-order valence-corrected chi connectivity index (χ1v) is 4.35. The minimum absolute atomic E-state index is 0.00449. The van der Waals surface area contributed by atoms with Crippen molar-refractivity contribution in [3.8, 4) is 0 Å². The monoisotopic (exact) mass is 186 g/mol. The van der Waals surface area contributed by atoms with Gasteiger partial charge in [-0.2, -0.15) is 0 Å². The van der Waals surface area contributed by atoms with Gasteiger partial charge < -0.3 is 18.9 Å². The first-order chi connectivity index (χ1) is 6.25. The van der Waals surface area contributed by atoms with Gasteiger partial charge in [-0.1, -0.05) is 0 Å². The summed E-state index contributed by atoms with van der Waals surface area (Å²) in [6, 6.07) is 0. The van der Waals surface area contributed by atoms with Crippen molar-refractivity contribution >= 4 is 5.97 Å². The summed E-state index contributed by atoms with van der Waals surface area (Å²) < 4.78 is 21.2. The summed E-state index contributed by atoms with van der Waals surface area (Å²) in [5, 5.41) is 0. The minimum Gasteiger partial charge on any atom is -0.454 e. The van der Waals surface area contributed by atoms with Crippen LogP contribution in [0.1, 0.15) is 6.92 Å². The van der Waals surface area contributed by atoms with Gasteiger partial charge in [-0.15, -0.1) is 0 Å². The zero-order valence-electron chi connectivity index (χ0n) is 7.14. The maximum absolute atomic E-state index is 10.8. The zero-order chi connectivity index (χ0) is 9.00. The number of hydrogen-bond acceptors (Lipinski definition) is 5. The lowest BCUT2D eigenvalue weighted by Crippen LogP contribution is -2.42. The predicted octanol–water partition coefficient (Wildman–Crippen LogP) is -0.559. The van der Waals surface area contributed by atoms with Crippen LogP contribution in [0.15, 0.2) is 0 Å². The van der Waals surface area contributed by atoms with E-state index in [2.05, 4.69) is 0 Å². The molecule has 0 aromatic heterocycles. The first kappa shape index (κ1) is 7.73. The van der Waals surface area contributed by atoms with Crippen molar-refractivity contribution in [2.24, 2.45) is 0 Å². The van der Waals surface area contributed by atoms with Gasteiger partial charge in [0.25, 0.3) is 0 Å². The molecule has 0 aliphatic carbocycles. The standard InChI is InChI=1S/C8H10O5/c1-3(9)11-7-6-5(13-6)4-2-10-8(7)12-4/h4-8H,2H2,1H3/t4-,5+,6+,7-,8-/m1/s1. The lowest BCUT2D eigenvalue weighted by molar-refractivity contribution is -0.181. The Kier molecular flexibility index (Phi) is 1.45. The second-order valence-electron chi connectivity index (χ2n) is 3.52. The maximum atomic E-state index is 10.8. The molecule has 3 fully saturated rings. The molecule has 5 nitrogen and oxygen atoms in total. The normalized spacial score (nSPS) is 51.3. The van der Waals surface area contributed by atoms with Crippen molar-refractivity contribution < 1.29 is 23.7 Å². The third-order valence-electron chi connectivity index (χ3n) is 2.56. The molecule has 3 aliphatic heterocycles. The Hall–Kier alpha value is -0.650. The number of epoxide rings is 1. The van der Waals surface area contributed by atoms with Crippen LogP contribution in [0.4, 0.5) is 0 Å². The number of fused-ring (bicyclic) bond motifs is 4. The van der Waals surface area contributed by atoms with Crippen molar-refractivity contribution in [3.63, 3.8) is 0 Å². The van der Waals surface area contributed by atoms with E-state index >= 15 is 0 Å². The van der Waals surface area contributed by atoms with Crippen molar-refractivity contribution in [1.82, 2.24) is 0 Å². The third kappa shape index (κ3) is 1.08. The van der Waals surface area contributed by atoms with Crippen molar-refractivity contribution in [3.05, 3.63) is 0 Å². The summed E-state index contributed by atoms with van der Waals surface area (Å²) in [4.78, 5) is 10.8. The van der Waals surface area contributed by atoms with Crippen LogP contribution in [0.3, 0.4) is 0 Å². The molecule has 0 aromatic carbocycles. The molecule has 3 rings (SSSR count). The summed E-state index contributed by atoms with van der Waals surface area (Å²) in [5.41, 5.74) is 0. The highest BCUT2D eigenvalue weighted by molar-refractivity contribution is 5.66. The zero-order valence-corrected chi connectivity index (χ0v) is 7.14. The van der Waals surface area contributed by atoms with Crippen LogP contribution in [-0.2, 0) is 23.7 Å². The largest absolute Gasteiger partial charge is 0.454 e. The Bertz CT molecular complexity index is 253. The van der Waals surface area contributed by atoms with E-state index in [1.165, 1.54) is 6.92 Å². The molecule has 0 radical (unpaired) electrons. The van der Waals surface area contributed by atoms with Crippen molar-refractivity contribution in [2.45, 2.75) is 37.6 Å². The van der Waals surface area contributed by atoms with Crippen LogP contribution in [0.25, 0.3) is 0 Å². The number of ether oxygens (including phenoxy) is 4. The van der Waals surface area contributed by atoms with Crippen molar-refractivity contribution in [2.75, 3.05) is 6.61 Å². The second kappa shape index (κ2) is 2.43. The first-order valence-electron chi connectivity index (χ1n) is 4.35. The molecule has 72 valence electrons. The van der Waals surface area contributed by atoms with Gasteiger partial charge in [0, 0.05) is 6.92 Å². The molecular weight excluding hydrogens is 176 g/mol. The molecular formula is C8H10O5.